The molecule has 0 saturated carbocycles. The zero-order valence-electron chi connectivity index (χ0n) is 31.0. The Balaban J connectivity index is 0.000000210. The number of rotatable bonds is 9. The fraction of sp³-hybridized carbons (Fsp3) is 0.500. The number of ether oxygens (including phenoxy) is 3. The summed E-state index contributed by atoms with van der Waals surface area (Å²) in [5.74, 6) is 0.423. The van der Waals surface area contributed by atoms with E-state index in [1.165, 1.54) is 11.8 Å². The first kappa shape index (κ1) is 39.2. The number of carbonyl (C=O) groups excluding carboxylic acids is 3. The van der Waals surface area contributed by atoms with E-state index in [2.05, 4.69) is 32.1 Å². The first-order chi connectivity index (χ1) is 24.6. The highest BCUT2D eigenvalue weighted by molar-refractivity contribution is 7.90. The molecule has 0 spiro atoms. The van der Waals surface area contributed by atoms with E-state index in [0.717, 1.165) is 42.4 Å². The molecule has 1 saturated heterocycles. The second kappa shape index (κ2) is 16.3. The van der Waals surface area contributed by atoms with Crippen molar-refractivity contribution in [2.75, 3.05) is 12.9 Å². The van der Waals surface area contributed by atoms with Gasteiger partial charge in [-0.15, -0.1) is 0 Å². The zero-order chi connectivity index (χ0) is 37.8. The maximum absolute atomic E-state index is 12.9. The number of esters is 3. The number of carbonyl (C=O) groups is 3. The molecule has 9 nitrogen and oxygen atoms in total. The van der Waals surface area contributed by atoms with Crippen LogP contribution in [0.25, 0.3) is 11.1 Å². The highest BCUT2D eigenvalue weighted by Crippen LogP contribution is 2.46. The van der Waals surface area contributed by atoms with Crippen molar-refractivity contribution in [2.45, 2.75) is 96.4 Å². The Morgan fingerprint density at radius 2 is 1.67 bits per heavy atom. The number of sulfone groups is 1. The molecule has 0 amide bonds. The molecule has 2 heterocycles. The van der Waals surface area contributed by atoms with Gasteiger partial charge in [0.25, 0.3) is 0 Å². The van der Waals surface area contributed by atoms with Gasteiger partial charge < -0.3 is 19.3 Å². The predicted octanol–water partition coefficient (Wildman–Crippen LogP) is 7.14. The van der Waals surface area contributed by atoms with Crippen LogP contribution >= 0.6 is 0 Å². The summed E-state index contributed by atoms with van der Waals surface area (Å²) in [5, 5.41) is 9.92. The van der Waals surface area contributed by atoms with Crippen LogP contribution in [0.3, 0.4) is 0 Å². The first-order valence-corrected chi connectivity index (χ1v) is 20.2. The first-order valence-electron chi connectivity index (χ1n) is 18.3. The molecule has 280 valence electrons. The van der Waals surface area contributed by atoms with Crippen LogP contribution in [0.1, 0.15) is 84.3 Å². The highest BCUT2D eigenvalue weighted by atomic mass is 32.2. The third-order valence-corrected chi connectivity index (χ3v) is 12.0. The van der Waals surface area contributed by atoms with Crippen molar-refractivity contribution in [2.24, 2.45) is 29.1 Å². The van der Waals surface area contributed by atoms with Gasteiger partial charge in [-0.3, -0.25) is 9.59 Å². The summed E-state index contributed by atoms with van der Waals surface area (Å²) in [6, 6.07) is 15.8. The predicted molar refractivity (Wildman–Crippen MR) is 199 cm³/mol. The second-order valence-electron chi connectivity index (χ2n) is 15.3. The molecule has 0 aromatic heterocycles. The molecule has 2 aromatic carbocycles. The maximum Gasteiger partial charge on any atom is 0.339 e. The number of aliphatic hydroxyl groups is 1. The molecular formula is C42H52O9S. The Hall–Kier alpha value is -4.02. The molecular weight excluding hydrogens is 681 g/mol. The number of hydrogen-bond donors (Lipinski definition) is 1. The lowest BCUT2D eigenvalue weighted by atomic mass is 9.65. The minimum atomic E-state index is -3.23. The number of hydrogen-bond acceptors (Lipinski definition) is 9. The SMILES string of the molecule is CCC(C)(C)C(=O)O[C@H]1C[C@@H](C)C=C2C=C[C@H](C)[C@H](CC[C@@H]3C[C@@H](O)CC(=O)O3)[C@H]21.CS(=O)(=O)c1ccc(C2=C(c3ccccc3)C(=O)OC2)cc1. The number of allylic oxidation sites excluding steroid dienone is 3. The average molecular weight is 733 g/mol. The average Bonchev–Trinajstić information content (AvgIpc) is 3.49. The Bertz CT molecular complexity index is 1820. The monoisotopic (exact) mass is 732 g/mol. The third-order valence-electron chi connectivity index (χ3n) is 10.9. The number of benzene rings is 2. The summed E-state index contributed by atoms with van der Waals surface area (Å²) in [5.41, 5.74) is 3.68. The van der Waals surface area contributed by atoms with Gasteiger partial charge in [0, 0.05) is 24.2 Å². The molecule has 1 N–H and O–H groups in total. The van der Waals surface area contributed by atoms with Gasteiger partial charge in [-0.2, -0.15) is 0 Å². The quantitative estimate of drug-likeness (QED) is 0.211. The van der Waals surface area contributed by atoms with E-state index in [9.17, 15) is 27.9 Å². The van der Waals surface area contributed by atoms with Crippen molar-refractivity contribution in [3.63, 3.8) is 0 Å². The zero-order valence-corrected chi connectivity index (χ0v) is 31.9. The van der Waals surface area contributed by atoms with Crippen molar-refractivity contribution >= 4 is 38.9 Å². The van der Waals surface area contributed by atoms with Crippen LogP contribution < -0.4 is 0 Å². The minimum Gasteiger partial charge on any atom is -0.462 e. The molecule has 2 aliphatic carbocycles. The maximum atomic E-state index is 12.9. The fourth-order valence-corrected chi connectivity index (χ4v) is 8.14. The molecule has 0 unspecified atom stereocenters. The molecule has 0 radical (unpaired) electrons. The fourth-order valence-electron chi connectivity index (χ4n) is 7.51. The van der Waals surface area contributed by atoms with E-state index in [1.54, 1.807) is 24.3 Å². The van der Waals surface area contributed by atoms with E-state index in [1.807, 2.05) is 51.1 Å². The molecule has 2 aromatic rings. The van der Waals surface area contributed by atoms with Crippen LogP contribution in [-0.4, -0.2) is 62.6 Å². The van der Waals surface area contributed by atoms with Gasteiger partial charge in [0.15, 0.2) is 9.84 Å². The molecule has 2 aliphatic heterocycles. The van der Waals surface area contributed by atoms with Crippen molar-refractivity contribution in [3.05, 3.63) is 89.5 Å². The van der Waals surface area contributed by atoms with Crippen LogP contribution in [0, 0.1) is 29.1 Å². The lowest BCUT2D eigenvalue weighted by molar-refractivity contribution is -0.166. The molecule has 10 heteroatoms. The molecule has 7 atom stereocenters. The normalized spacial score (nSPS) is 27.4. The van der Waals surface area contributed by atoms with Gasteiger partial charge in [-0.25, -0.2) is 13.2 Å². The molecule has 1 fully saturated rings. The Morgan fingerprint density at radius 3 is 2.31 bits per heavy atom. The van der Waals surface area contributed by atoms with Gasteiger partial charge in [-0.05, 0) is 86.1 Å². The summed E-state index contributed by atoms with van der Waals surface area (Å²) in [6.07, 6.45) is 10.8. The molecule has 4 aliphatic rings. The van der Waals surface area contributed by atoms with Crippen LogP contribution in [0.5, 0.6) is 0 Å². The smallest absolute Gasteiger partial charge is 0.339 e. The standard InChI is InChI=1S/C25H38O5.C17H14O4S/c1-6-25(4,5)24(28)30-21-12-15(2)11-17-8-7-16(3)20(23(17)21)10-9-19-13-18(26)14-22(27)29-19;1-22(19,20)14-9-7-12(8-10-14)15-11-21-17(18)16(15)13-5-3-2-4-6-13/h7-8,11,15-16,18-21,23,26H,6,9-10,12-14H2,1-5H3;2-10H,11H2,1H3/t15-,16-,18+,19+,20-,21-,23-;/m0./s1. The largest absolute Gasteiger partial charge is 0.462 e. The summed E-state index contributed by atoms with van der Waals surface area (Å²) in [7, 11) is -3.23. The number of cyclic esters (lactones) is 2. The number of aliphatic hydroxyl groups excluding tert-OH is 1. The van der Waals surface area contributed by atoms with Crippen LogP contribution in [0.15, 0.2) is 83.3 Å². The van der Waals surface area contributed by atoms with E-state index in [4.69, 9.17) is 14.2 Å². The van der Waals surface area contributed by atoms with Crippen LogP contribution in [-0.2, 0) is 38.4 Å². The van der Waals surface area contributed by atoms with Gasteiger partial charge in [-0.1, -0.05) is 81.5 Å². The van der Waals surface area contributed by atoms with Crippen molar-refractivity contribution in [1.29, 1.82) is 0 Å². The summed E-state index contributed by atoms with van der Waals surface area (Å²) >= 11 is 0. The van der Waals surface area contributed by atoms with E-state index in [0.29, 0.717) is 29.7 Å². The van der Waals surface area contributed by atoms with Crippen molar-refractivity contribution in [3.8, 4) is 0 Å². The van der Waals surface area contributed by atoms with Gasteiger partial charge in [0.2, 0.25) is 0 Å². The van der Waals surface area contributed by atoms with Crippen LogP contribution in [0.4, 0.5) is 0 Å². The molecule has 52 heavy (non-hydrogen) atoms. The third kappa shape index (κ3) is 9.31. The van der Waals surface area contributed by atoms with E-state index in [-0.39, 0.29) is 54.0 Å². The Morgan fingerprint density at radius 1 is 0.981 bits per heavy atom. The Labute approximate surface area is 308 Å². The summed E-state index contributed by atoms with van der Waals surface area (Å²) in [4.78, 5) is 36.8. The summed E-state index contributed by atoms with van der Waals surface area (Å²) in [6.45, 7) is 10.5. The van der Waals surface area contributed by atoms with Gasteiger partial charge >= 0.3 is 17.9 Å². The number of fused-ring (bicyclic) bond motifs is 1. The van der Waals surface area contributed by atoms with Crippen molar-refractivity contribution in [1.82, 2.24) is 0 Å². The highest BCUT2D eigenvalue weighted by Gasteiger charge is 2.43. The van der Waals surface area contributed by atoms with E-state index >= 15 is 0 Å². The van der Waals surface area contributed by atoms with Crippen molar-refractivity contribution < 1.29 is 42.1 Å². The van der Waals surface area contributed by atoms with Gasteiger partial charge in [0.1, 0.15) is 18.8 Å². The minimum absolute atomic E-state index is 0.0949. The summed E-state index contributed by atoms with van der Waals surface area (Å²) < 4.78 is 39.8. The van der Waals surface area contributed by atoms with E-state index < -0.39 is 21.4 Å². The Kier molecular flexibility index (Phi) is 12.3. The lowest BCUT2D eigenvalue weighted by Gasteiger charge is -2.44. The van der Waals surface area contributed by atoms with Gasteiger partial charge in [0.05, 0.1) is 28.4 Å². The second-order valence-corrected chi connectivity index (χ2v) is 17.4. The molecule has 0 bridgehead atoms. The molecule has 6 rings (SSSR count). The topological polar surface area (TPSA) is 133 Å². The lowest BCUT2D eigenvalue weighted by Crippen LogP contribution is -2.43. The van der Waals surface area contributed by atoms with Crippen LogP contribution in [0.2, 0.25) is 0 Å².